The van der Waals surface area contributed by atoms with Crippen molar-refractivity contribution in [3.63, 3.8) is 0 Å². The van der Waals surface area contributed by atoms with Crippen LogP contribution in [0.5, 0.6) is 0 Å². The van der Waals surface area contributed by atoms with Crippen molar-refractivity contribution in [3.8, 4) is 0 Å². The van der Waals surface area contributed by atoms with Crippen molar-refractivity contribution >= 4 is 34.0 Å². The van der Waals surface area contributed by atoms with Crippen LogP contribution in [-0.4, -0.2) is 11.3 Å². The van der Waals surface area contributed by atoms with Gasteiger partial charge < -0.3 is 0 Å². The summed E-state index contributed by atoms with van der Waals surface area (Å²) in [6, 6.07) is 11.3. The lowest BCUT2D eigenvalue weighted by Crippen LogP contribution is -1.86. The summed E-state index contributed by atoms with van der Waals surface area (Å²) in [4.78, 5) is 16.0. The van der Waals surface area contributed by atoms with Crippen molar-refractivity contribution in [1.82, 2.24) is 4.98 Å². The first-order chi connectivity index (χ1) is 7.81. The molecule has 80 valence electrons. The highest BCUT2D eigenvalue weighted by molar-refractivity contribution is 9.10. The van der Waals surface area contributed by atoms with E-state index < -0.39 is 0 Å². The largest absolute Gasteiger partial charge is 0.298 e. The number of aldehydes is 1. The van der Waals surface area contributed by atoms with E-state index in [0.717, 1.165) is 20.7 Å². The summed E-state index contributed by atoms with van der Waals surface area (Å²) >= 11 is 4.90. The summed E-state index contributed by atoms with van der Waals surface area (Å²) in [5.74, 6) is 0. The van der Waals surface area contributed by atoms with E-state index in [0.29, 0.717) is 5.56 Å². The third-order valence-electron chi connectivity index (χ3n) is 1.98. The molecule has 16 heavy (non-hydrogen) atoms. The molecule has 0 amide bonds. The van der Waals surface area contributed by atoms with Crippen LogP contribution in [0.3, 0.4) is 0 Å². The van der Waals surface area contributed by atoms with Crippen LogP contribution in [0, 0.1) is 0 Å². The van der Waals surface area contributed by atoms with E-state index in [9.17, 15) is 4.79 Å². The van der Waals surface area contributed by atoms with Crippen LogP contribution in [-0.2, 0) is 0 Å². The minimum Gasteiger partial charge on any atom is -0.298 e. The molecule has 1 aromatic carbocycles. The molecule has 0 aliphatic heterocycles. The summed E-state index contributed by atoms with van der Waals surface area (Å²) in [7, 11) is 0. The molecular weight excluding hydrogens is 286 g/mol. The number of carbonyl (C=O) groups excluding carboxylic acids is 1. The number of nitrogens with zero attached hydrogens (tertiary/aromatic N) is 1. The van der Waals surface area contributed by atoms with Gasteiger partial charge in [0.05, 0.1) is 4.47 Å². The predicted octanol–water partition coefficient (Wildman–Crippen LogP) is 3.81. The Hall–Kier alpha value is -1.13. The lowest BCUT2D eigenvalue weighted by Gasteiger charge is -2.04. The van der Waals surface area contributed by atoms with Gasteiger partial charge in [-0.3, -0.25) is 4.79 Å². The number of benzene rings is 1. The van der Waals surface area contributed by atoms with Crippen molar-refractivity contribution in [3.05, 3.63) is 52.6 Å². The van der Waals surface area contributed by atoms with Gasteiger partial charge in [0.2, 0.25) is 0 Å². The molecule has 4 heteroatoms. The Labute approximate surface area is 106 Å². The number of halogens is 1. The Balaban J connectivity index is 2.34. The lowest BCUT2D eigenvalue weighted by atomic mass is 10.2. The van der Waals surface area contributed by atoms with Gasteiger partial charge in [-0.15, -0.1) is 0 Å². The van der Waals surface area contributed by atoms with Crippen LogP contribution in [0.4, 0.5) is 0 Å². The first kappa shape index (κ1) is 11.4. The molecule has 0 saturated heterocycles. The standard InChI is InChI=1S/C12H8BrNOS/c13-10-5-3-7-14-12(10)16-11-6-2-1-4-9(11)8-15/h1-8H. The van der Waals surface area contributed by atoms with Crippen molar-refractivity contribution in [2.24, 2.45) is 0 Å². The first-order valence-electron chi connectivity index (χ1n) is 4.64. The second-order valence-corrected chi connectivity index (χ2v) is 4.93. The van der Waals surface area contributed by atoms with Crippen molar-refractivity contribution in [1.29, 1.82) is 0 Å². The number of hydrogen-bond acceptors (Lipinski definition) is 3. The SMILES string of the molecule is O=Cc1ccccc1Sc1ncccc1Br. The van der Waals surface area contributed by atoms with Gasteiger partial charge in [0, 0.05) is 16.7 Å². The zero-order valence-electron chi connectivity index (χ0n) is 8.26. The molecule has 0 saturated carbocycles. The molecule has 0 N–H and O–H groups in total. The number of carbonyl (C=O) groups is 1. The fourth-order valence-electron chi connectivity index (χ4n) is 1.22. The van der Waals surface area contributed by atoms with Crippen molar-refractivity contribution in [2.45, 2.75) is 9.92 Å². The topological polar surface area (TPSA) is 30.0 Å². The van der Waals surface area contributed by atoms with E-state index in [1.807, 2.05) is 30.3 Å². The molecular formula is C12H8BrNOS. The summed E-state index contributed by atoms with van der Waals surface area (Å²) in [5.41, 5.74) is 0.685. The Morgan fingerprint density at radius 1 is 1.19 bits per heavy atom. The number of pyridine rings is 1. The van der Waals surface area contributed by atoms with Crippen LogP contribution in [0.25, 0.3) is 0 Å². The zero-order chi connectivity index (χ0) is 11.4. The third kappa shape index (κ3) is 2.51. The molecule has 0 fully saturated rings. The van der Waals surface area contributed by atoms with Crippen LogP contribution in [0.1, 0.15) is 10.4 Å². The van der Waals surface area contributed by atoms with Gasteiger partial charge >= 0.3 is 0 Å². The molecule has 0 radical (unpaired) electrons. The van der Waals surface area contributed by atoms with Gasteiger partial charge in [-0.1, -0.05) is 30.0 Å². The highest BCUT2D eigenvalue weighted by atomic mass is 79.9. The fourth-order valence-corrected chi connectivity index (χ4v) is 2.59. The molecule has 1 aromatic heterocycles. The van der Waals surface area contributed by atoms with Gasteiger partial charge in [0.15, 0.2) is 6.29 Å². The Kier molecular flexibility index (Phi) is 3.74. The molecule has 0 aliphatic rings. The molecule has 0 spiro atoms. The monoisotopic (exact) mass is 293 g/mol. The summed E-state index contributed by atoms with van der Waals surface area (Å²) in [6.07, 6.45) is 2.59. The quantitative estimate of drug-likeness (QED) is 0.806. The minimum atomic E-state index is 0.685. The van der Waals surface area contributed by atoms with Gasteiger partial charge in [-0.05, 0) is 34.1 Å². The molecule has 2 rings (SSSR count). The van der Waals surface area contributed by atoms with E-state index in [-0.39, 0.29) is 0 Å². The highest BCUT2D eigenvalue weighted by Gasteiger charge is 2.06. The molecule has 0 atom stereocenters. The fraction of sp³-hybridized carbons (Fsp3) is 0. The van der Waals surface area contributed by atoms with Gasteiger partial charge in [0.25, 0.3) is 0 Å². The summed E-state index contributed by atoms with van der Waals surface area (Å²) in [6.45, 7) is 0. The maximum absolute atomic E-state index is 10.9. The average molecular weight is 294 g/mol. The maximum atomic E-state index is 10.9. The molecule has 2 nitrogen and oxygen atoms in total. The van der Waals surface area contributed by atoms with Crippen LogP contribution in [0.2, 0.25) is 0 Å². The Bertz CT molecular complexity index is 516. The number of aromatic nitrogens is 1. The van der Waals surface area contributed by atoms with E-state index >= 15 is 0 Å². The van der Waals surface area contributed by atoms with Crippen LogP contribution in [0.15, 0.2) is 57.0 Å². The summed E-state index contributed by atoms with van der Waals surface area (Å²) in [5, 5.41) is 0.858. The summed E-state index contributed by atoms with van der Waals surface area (Å²) < 4.78 is 0.931. The third-order valence-corrected chi connectivity index (χ3v) is 3.99. The Morgan fingerprint density at radius 3 is 2.75 bits per heavy atom. The molecule has 2 aromatic rings. The lowest BCUT2D eigenvalue weighted by molar-refractivity contribution is 0.112. The number of rotatable bonds is 3. The van der Waals surface area contributed by atoms with Crippen molar-refractivity contribution < 1.29 is 4.79 Å². The zero-order valence-corrected chi connectivity index (χ0v) is 10.7. The molecule has 0 aliphatic carbocycles. The second-order valence-electron chi connectivity index (χ2n) is 3.05. The maximum Gasteiger partial charge on any atom is 0.151 e. The molecule has 0 unspecified atom stereocenters. The number of hydrogen-bond donors (Lipinski definition) is 0. The Morgan fingerprint density at radius 2 is 2.00 bits per heavy atom. The van der Waals surface area contributed by atoms with Gasteiger partial charge in [-0.25, -0.2) is 4.98 Å². The second kappa shape index (κ2) is 5.27. The molecule has 0 bridgehead atoms. The van der Waals surface area contributed by atoms with E-state index in [2.05, 4.69) is 20.9 Å². The highest BCUT2D eigenvalue weighted by Crippen LogP contribution is 2.32. The molecule has 1 heterocycles. The predicted molar refractivity (Wildman–Crippen MR) is 67.9 cm³/mol. The first-order valence-corrected chi connectivity index (χ1v) is 6.25. The minimum absolute atomic E-state index is 0.685. The normalized spacial score (nSPS) is 10.1. The van der Waals surface area contributed by atoms with Crippen LogP contribution >= 0.6 is 27.7 Å². The van der Waals surface area contributed by atoms with E-state index in [4.69, 9.17) is 0 Å². The average Bonchev–Trinajstić information content (AvgIpc) is 2.33. The van der Waals surface area contributed by atoms with E-state index in [1.165, 1.54) is 11.8 Å². The van der Waals surface area contributed by atoms with E-state index in [1.54, 1.807) is 12.3 Å². The van der Waals surface area contributed by atoms with Gasteiger partial charge in [-0.2, -0.15) is 0 Å². The smallest absolute Gasteiger partial charge is 0.151 e. The van der Waals surface area contributed by atoms with Crippen molar-refractivity contribution in [2.75, 3.05) is 0 Å². The van der Waals surface area contributed by atoms with Crippen LogP contribution < -0.4 is 0 Å². The van der Waals surface area contributed by atoms with Gasteiger partial charge in [0.1, 0.15) is 5.03 Å².